The van der Waals surface area contributed by atoms with Crippen LogP contribution < -0.4 is 4.74 Å². The first-order chi connectivity index (χ1) is 6.43. The summed E-state index contributed by atoms with van der Waals surface area (Å²) in [5.74, 6) is 0.910. The van der Waals surface area contributed by atoms with Crippen molar-refractivity contribution in [2.45, 2.75) is 0 Å². The first-order valence-corrected chi connectivity index (χ1v) is 3.82. The van der Waals surface area contributed by atoms with E-state index < -0.39 is 0 Å². The van der Waals surface area contributed by atoms with Gasteiger partial charge in [-0.05, 0) is 12.1 Å². The number of aromatic amines is 1. The largest absolute Gasteiger partial charge is 0.497 e. The summed E-state index contributed by atoms with van der Waals surface area (Å²) in [6.45, 7) is 0. The number of methoxy groups -OCH3 is 1. The highest BCUT2D eigenvalue weighted by Crippen LogP contribution is 2.05. The normalized spacial score (nSPS) is 8.38. The molecule has 2 aromatic rings. The van der Waals surface area contributed by atoms with E-state index in [1.165, 1.54) is 0 Å². The van der Waals surface area contributed by atoms with Gasteiger partial charge in [0.15, 0.2) is 0 Å². The number of ether oxygens (including phenoxy) is 1. The van der Waals surface area contributed by atoms with E-state index in [1.807, 2.05) is 30.3 Å². The lowest BCUT2D eigenvalue weighted by atomic mass is 10.3. The molecular formula is C9H11N3O. The Morgan fingerprint density at radius 3 is 2.00 bits per heavy atom. The average Bonchev–Trinajstić information content (AvgIpc) is 2.77. The smallest absolute Gasteiger partial charge is 0.118 e. The molecule has 0 amide bonds. The van der Waals surface area contributed by atoms with Crippen LogP contribution in [0.3, 0.4) is 0 Å². The summed E-state index contributed by atoms with van der Waals surface area (Å²) in [6.07, 6.45) is 3.17. The molecule has 0 fully saturated rings. The maximum atomic E-state index is 4.91. The highest BCUT2D eigenvalue weighted by molar-refractivity contribution is 5.20. The number of H-pyrrole nitrogens is 1. The van der Waals surface area contributed by atoms with E-state index >= 15 is 0 Å². The Balaban J connectivity index is 0.000000145. The molecule has 0 spiro atoms. The van der Waals surface area contributed by atoms with Crippen molar-refractivity contribution in [2.75, 3.05) is 7.11 Å². The monoisotopic (exact) mass is 177 g/mol. The van der Waals surface area contributed by atoms with Crippen molar-refractivity contribution in [3.63, 3.8) is 0 Å². The second-order valence-electron chi connectivity index (χ2n) is 2.17. The van der Waals surface area contributed by atoms with Crippen LogP contribution in [0.15, 0.2) is 42.7 Å². The Labute approximate surface area is 76.6 Å². The summed E-state index contributed by atoms with van der Waals surface area (Å²) < 4.78 is 4.91. The molecule has 0 bridgehead atoms. The van der Waals surface area contributed by atoms with Crippen molar-refractivity contribution in [3.05, 3.63) is 42.7 Å². The molecular weight excluding hydrogens is 166 g/mol. The molecule has 13 heavy (non-hydrogen) atoms. The number of nitrogens with one attached hydrogen (secondary N) is 1. The second kappa shape index (κ2) is 5.77. The van der Waals surface area contributed by atoms with E-state index in [1.54, 1.807) is 19.5 Å². The molecule has 4 heteroatoms. The van der Waals surface area contributed by atoms with E-state index in [4.69, 9.17) is 4.74 Å². The maximum absolute atomic E-state index is 4.91. The number of rotatable bonds is 1. The molecule has 0 aliphatic carbocycles. The standard InChI is InChI=1S/C7H8O.C2H3N3/c1-8-7-5-3-2-4-6-7;1-2-4-5-3-1/h2-6H,1H3;1-2H,(H,3,4,5). The van der Waals surface area contributed by atoms with E-state index in [9.17, 15) is 0 Å². The number of nitrogens with zero attached hydrogens (tertiary/aromatic N) is 2. The van der Waals surface area contributed by atoms with Crippen LogP contribution >= 0.6 is 0 Å². The van der Waals surface area contributed by atoms with E-state index in [0.29, 0.717) is 0 Å². The van der Waals surface area contributed by atoms with Crippen molar-refractivity contribution in [2.24, 2.45) is 0 Å². The topological polar surface area (TPSA) is 50.8 Å². The van der Waals surface area contributed by atoms with Gasteiger partial charge in [0.05, 0.1) is 19.5 Å². The molecule has 1 N–H and O–H groups in total. The molecule has 1 aromatic carbocycles. The summed E-state index contributed by atoms with van der Waals surface area (Å²) in [7, 11) is 1.66. The zero-order chi connectivity index (χ0) is 9.36. The van der Waals surface area contributed by atoms with E-state index in [0.717, 1.165) is 5.75 Å². The molecule has 0 atom stereocenters. The molecule has 0 saturated carbocycles. The Hall–Kier alpha value is -1.84. The molecule has 0 radical (unpaired) electrons. The van der Waals surface area contributed by atoms with Crippen molar-refractivity contribution >= 4 is 0 Å². The number of hydrogen-bond donors (Lipinski definition) is 1. The zero-order valence-corrected chi connectivity index (χ0v) is 7.34. The molecule has 2 rings (SSSR count). The van der Waals surface area contributed by atoms with Gasteiger partial charge in [0, 0.05) is 0 Å². The molecule has 1 aromatic heterocycles. The average molecular weight is 177 g/mol. The summed E-state index contributed by atoms with van der Waals surface area (Å²) in [6, 6.07) is 9.68. The van der Waals surface area contributed by atoms with Crippen LogP contribution in [0.25, 0.3) is 0 Å². The third-order valence-electron chi connectivity index (χ3n) is 1.31. The van der Waals surface area contributed by atoms with Gasteiger partial charge < -0.3 is 4.74 Å². The van der Waals surface area contributed by atoms with Gasteiger partial charge in [-0.2, -0.15) is 15.4 Å². The van der Waals surface area contributed by atoms with Gasteiger partial charge >= 0.3 is 0 Å². The minimum Gasteiger partial charge on any atom is -0.497 e. The second-order valence-corrected chi connectivity index (χ2v) is 2.17. The predicted octanol–water partition coefficient (Wildman–Crippen LogP) is 1.50. The summed E-state index contributed by atoms with van der Waals surface area (Å²) >= 11 is 0. The fourth-order valence-corrected chi connectivity index (χ4v) is 0.723. The van der Waals surface area contributed by atoms with E-state index in [-0.39, 0.29) is 0 Å². The quantitative estimate of drug-likeness (QED) is 0.718. The van der Waals surface area contributed by atoms with Gasteiger partial charge in [-0.25, -0.2) is 0 Å². The number of para-hydroxylation sites is 1. The minimum atomic E-state index is 0.910. The lowest BCUT2D eigenvalue weighted by Gasteiger charge is -1.93. The molecule has 0 aliphatic rings. The van der Waals surface area contributed by atoms with Gasteiger partial charge in [-0.1, -0.05) is 18.2 Å². The van der Waals surface area contributed by atoms with Crippen LogP contribution in [0.4, 0.5) is 0 Å². The van der Waals surface area contributed by atoms with Crippen LogP contribution in [-0.4, -0.2) is 22.5 Å². The van der Waals surface area contributed by atoms with Crippen LogP contribution in [0.5, 0.6) is 5.75 Å². The molecule has 0 unspecified atom stereocenters. The fourth-order valence-electron chi connectivity index (χ4n) is 0.723. The fraction of sp³-hybridized carbons (Fsp3) is 0.111. The lowest BCUT2D eigenvalue weighted by Crippen LogP contribution is -1.78. The molecule has 0 aliphatic heterocycles. The Bertz CT molecular complexity index is 277. The van der Waals surface area contributed by atoms with Crippen molar-refractivity contribution in [3.8, 4) is 5.75 Å². The van der Waals surface area contributed by atoms with E-state index in [2.05, 4.69) is 15.4 Å². The predicted molar refractivity (Wildman–Crippen MR) is 49.4 cm³/mol. The Morgan fingerprint density at radius 2 is 1.69 bits per heavy atom. The lowest BCUT2D eigenvalue weighted by molar-refractivity contribution is 0.415. The highest BCUT2D eigenvalue weighted by atomic mass is 16.5. The number of aromatic nitrogens is 3. The molecule has 68 valence electrons. The molecule has 1 heterocycles. The summed E-state index contributed by atoms with van der Waals surface area (Å²) in [5.41, 5.74) is 0. The molecule has 0 saturated heterocycles. The van der Waals surface area contributed by atoms with Crippen molar-refractivity contribution in [1.82, 2.24) is 15.4 Å². The Morgan fingerprint density at radius 1 is 1.08 bits per heavy atom. The summed E-state index contributed by atoms with van der Waals surface area (Å²) in [4.78, 5) is 0. The van der Waals surface area contributed by atoms with Gasteiger partial charge in [-0.15, -0.1) is 0 Å². The van der Waals surface area contributed by atoms with Crippen LogP contribution in [-0.2, 0) is 0 Å². The van der Waals surface area contributed by atoms with Crippen molar-refractivity contribution in [1.29, 1.82) is 0 Å². The third-order valence-corrected chi connectivity index (χ3v) is 1.31. The van der Waals surface area contributed by atoms with Gasteiger partial charge in [0.1, 0.15) is 5.75 Å². The number of benzene rings is 1. The van der Waals surface area contributed by atoms with Gasteiger partial charge in [0.2, 0.25) is 0 Å². The van der Waals surface area contributed by atoms with Crippen LogP contribution in [0.1, 0.15) is 0 Å². The van der Waals surface area contributed by atoms with Crippen LogP contribution in [0.2, 0.25) is 0 Å². The first kappa shape index (κ1) is 9.25. The highest BCUT2D eigenvalue weighted by Gasteiger charge is 1.80. The SMILES string of the molecule is COc1ccccc1.c1cn[nH]n1. The minimum absolute atomic E-state index is 0.910. The first-order valence-electron chi connectivity index (χ1n) is 3.82. The third kappa shape index (κ3) is 3.91. The number of hydrogen-bond acceptors (Lipinski definition) is 3. The Kier molecular flexibility index (Phi) is 4.10. The zero-order valence-electron chi connectivity index (χ0n) is 7.34. The van der Waals surface area contributed by atoms with Crippen LogP contribution in [0, 0.1) is 0 Å². The molecule has 4 nitrogen and oxygen atoms in total. The maximum Gasteiger partial charge on any atom is 0.118 e. The summed E-state index contributed by atoms with van der Waals surface area (Å²) in [5, 5.41) is 9.33. The van der Waals surface area contributed by atoms with Gasteiger partial charge in [-0.3, -0.25) is 0 Å². The van der Waals surface area contributed by atoms with Gasteiger partial charge in [0.25, 0.3) is 0 Å². The van der Waals surface area contributed by atoms with Crippen molar-refractivity contribution < 1.29 is 4.74 Å².